The number of hydrogen-bond donors (Lipinski definition) is 0. The molecule has 0 aromatic carbocycles. The standard InChI is InChI=1S/C15H28O3/c1-4-5-6-7-8-9-10-11-17-12-13-18-15(16)14(2)3/h2,4-13H2,1,3H3. The van der Waals surface area contributed by atoms with Crippen LogP contribution in [0.5, 0.6) is 0 Å². The summed E-state index contributed by atoms with van der Waals surface area (Å²) in [5, 5.41) is 0. The first-order valence-electron chi connectivity index (χ1n) is 7.08. The van der Waals surface area contributed by atoms with Gasteiger partial charge in [0, 0.05) is 12.2 Å². The van der Waals surface area contributed by atoms with Gasteiger partial charge in [-0.2, -0.15) is 0 Å². The highest BCUT2D eigenvalue weighted by atomic mass is 16.6. The molecular formula is C15H28O3. The minimum atomic E-state index is -0.338. The van der Waals surface area contributed by atoms with Crippen LogP contribution in [0.3, 0.4) is 0 Å². The van der Waals surface area contributed by atoms with Crippen LogP contribution in [0.15, 0.2) is 12.2 Å². The molecular weight excluding hydrogens is 228 g/mol. The van der Waals surface area contributed by atoms with E-state index in [9.17, 15) is 4.79 Å². The van der Waals surface area contributed by atoms with Crippen LogP contribution >= 0.6 is 0 Å². The summed E-state index contributed by atoms with van der Waals surface area (Å²) >= 11 is 0. The Morgan fingerprint density at radius 1 is 0.944 bits per heavy atom. The lowest BCUT2D eigenvalue weighted by Gasteiger charge is -2.05. The number of hydrogen-bond acceptors (Lipinski definition) is 3. The Balaban J connectivity index is 3.07. The van der Waals surface area contributed by atoms with Crippen molar-refractivity contribution in [3.8, 4) is 0 Å². The monoisotopic (exact) mass is 256 g/mol. The lowest BCUT2D eigenvalue weighted by Crippen LogP contribution is -2.11. The second kappa shape index (κ2) is 12.6. The number of carbonyl (C=O) groups excluding carboxylic acids is 1. The van der Waals surface area contributed by atoms with Crippen LogP contribution in [0, 0.1) is 0 Å². The number of carbonyl (C=O) groups is 1. The van der Waals surface area contributed by atoms with Crippen molar-refractivity contribution in [1.82, 2.24) is 0 Å². The van der Waals surface area contributed by atoms with Gasteiger partial charge in [0.05, 0.1) is 6.61 Å². The second-order valence-corrected chi connectivity index (χ2v) is 4.65. The van der Waals surface area contributed by atoms with E-state index < -0.39 is 0 Å². The fourth-order valence-corrected chi connectivity index (χ4v) is 1.58. The smallest absolute Gasteiger partial charge is 0.333 e. The predicted octanol–water partition coefficient (Wildman–Crippen LogP) is 3.87. The quantitative estimate of drug-likeness (QED) is 0.302. The van der Waals surface area contributed by atoms with E-state index in [0.717, 1.165) is 13.0 Å². The van der Waals surface area contributed by atoms with Gasteiger partial charge in [0.15, 0.2) is 0 Å². The largest absolute Gasteiger partial charge is 0.460 e. The zero-order valence-electron chi connectivity index (χ0n) is 12.0. The third-order valence-corrected chi connectivity index (χ3v) is 2.70. The van der Waals surface area contributed by atoms with E-state index in [1.165, 1.54) is 38.5 Å². The Labute approximate surface area is 112 Å². The third kappa shape index (κ3) is 11.6. The number of esters is 1. The van der Waals surface area contributed by atoms with Crippen molar-refractivity contribution in [1.29, 1.82) is 0 Å². The van der Waals surface area contributed by atoms with Gasteiger partial charge in [-0.3, -0.25) is 0 Å². The summed E-state index contributed by atoms with van der Waals surface area (Å²) in [6.07, 6.45) is 8.97. The molecule has 0 N–H and O–H groups in total. The fraction of sp³-hybridized carbons (Fsp3) is 0.800. The lowest BCUT2D eigenvalue weighted by molar-refractivity contribution is -0.140. The molecule has 0 aromatic heterocycles. The van der Waals surface area contributed by atoms with Gasteiger partial charge in [0.1, 0.15) is 6.61 Å². The predicted molar refractivity (Wildman–Crippen MR) is 74.6 cm³/mol. The van der Waals surface area contributed by atoms with Gasteiger partial charge < -0.3 is 9.47 Å². The van der Waals surface area contributed by atoms with Crippen molar-refractivity contribution in [2.24, 2.45) is 0 Å². The average molecular weight is 256 g/mol. The van der Waals surface area contributed by atoms with Gasteiger partial charge in [-0.05, 0) is 13.3 Å². The summed E-state index contributed by atoms with van der Waals surface area (Å²) in [6.45, 7) is 8.95. The molecule has 18 heavy (non-hydrogen) atoms. The van der Waals surface area contributed by atoms with E-state index in [2.05, 4.69) is 13.5 Å². The van der Waals surface area contributed by atoms with Crippen molar-refractivity contribution in [3.63, 3.8) is 0 Å². The van der Waals surface area contributed by atoms with Crippen LogP contribution in [-0.2, 0) is 14.3 Å². The Hall–Kier alpha value is -0.830. The maximum Gasteiger partial charge on any atom is 0.333 e. The first-order valence-corrected chi connectivity index (χ1v) is 7.08. The number of unbranched alkanes of at least 4 members (excludes halogenated alkanes) is 6. The molecule has 106 valence electrons. The van der Waals surface area contributed by atoms with Crippen LogP contribution in [0.4, 0.5) is 0 Å². The zero-order chi connectivity index (χ0) is 13.6. The SMILES string of the molecule is C=C(C)C(=O)OCCOCCCCCCCCC. The van der Waals surface area contributed by atoms with Gasteiger partial charge in [0.2, 0.25) is 0 Å². The Kier molecular flexibility index (Phi) is 12.0. The van der Waals surface area contributed by atoms with Crippen LogP contribution in [0.25, 0.3) is 0 Å². The minimum absolute atomic E-state index is 0.322. The van der Waals surface area contributed by atoms with Gasteiger partial charge >= 0.3 is 5.97 Å². The second-order valence-electron chi connectivity index (χ2n) is 4.65. The summed E-state index contributed by atoms with van der Waals surface area (Å²) in [5.41, 5.74) is 0.432. The molecule has 0 rings (SSSR count). The van der Waals surface area contributed by atoms with Gasteiger partial charge in [-0.25, -0.2) is 4.79 Å². The third-order valence-electron chi connectivity index (χ3n) is 2.70. The number of ether oxygens (including phenoxy) is 2. The molecule has 0 saturated heterocycles. The van der Waals surface area contributed by atoms with Gasteiger partial charge in [-0.1, -0.05) is 52.0 Å². The molecule has 0 saturated carbocycles. The van der Waals surface area contributed by atoms with E-state index >= 15 is 0 Å². The first-order chi connectivity index (χ1) is 8.68. The summed E-state index contributed by atoms with van der Waals surface area (Å²) in [6, 6.07) is 0. The summed E-state index contributed by atoms with van der Waals surface area (Å²) in [4.78, 5) is 11.0. The normalized spacial score (nSPS) is 10.3. The fourth-order valence-electron chi connectivity index (χ4n) is 1.58. The maximum atomic E-state index is 11.0. The average Bonchev–Trinajstić information content (AvgIpc) is 2.35. The molecule has 3 heteroatoms. The molecule has 0 spiro atoms. The first kappa shape index (κ1) is 17.2. The minimum Gasteiger partial charge on any atom is -0.460 e. The van der Waals surface area contributed by atoms with E-state index in [-0.39, 0.29) is 5.97 Å². The summed E-state index contributed by atoms with van der Waals surface area (Å²) in [7, 11) is 0. The molecule has 0 atom stereocenters. The molecule has 0 unspecified atom stereocenters. The molecule has 0 aliphatic heterocycles. The lowest BCUT2D eigenvalue weighted by atomic mass is 10.1. The van der Waals surface area contributed by atoms with E-state index in [4.69, 9.17) is 9.47 Å². The highest BCUT2D eigenvalue weighted by Crippen LogP contribution is 2.06. The highest BCUT2D eigenvalue weighted by Gasteiger charge is 2.01. The molecule has 3 nitrogen and oxygen atoms in total. The molecule has 0 heterocycles. The van der Waals surface area contributed by atoms with E-state index in [1.807, 2.05) is 0 Å². The zero-order valence-corrected chi connectivity index (χ0v) is 12.0. The molecule has 0 fully saturated rings. The Morgan fingerprint density at radius 2 is 1.56 bits per heavy atom. The van der Waals surface area contributed by atoms with Crippen LogP contribution in [-0.4, -0.2) is 25.8 Å². The molecule has 0 aliphatic carbocycles. The summed E-state index contributed by atoms with van der Waals surface area (Å²) in [5.74, 6) is -0.338. The van der Waals surface area contributed by atoms with Crippen LogP contribution < -0.4 is 0 Å². The highest BCUT2D eigenvalue weighted by molar-refractivity contribution is 5.86. The molecule has 0 bridgehead atoms. The number of rotatable bonds is 12. The Morgan fingerprint density at radius 3 is 2.17 bits per heavy atom. The van der Waals surface area contributed by atoms with Crippen molar-refractivity contribution in [2.75, 3.05) is 19.8 Å². The van der Waals surface area contributed by atoms with Crippen molar-refractivity contribution in [3.05, 3.63) is 12.2 Å². The van der Waals surface area contributed by atoms with Gasteiger partial charge in [-0.15, -0.1) is 0 Å². The Bertz CT molecular complexity index is 224. The van der Waals surface area contributed by atoms with Crippen LogP contribution in [0.2, 0.25) is 0 Å². The molecule has 0 aliphatic rings. The molecule has 0 amide bonds. The topological polar surface area (TPSA) is 35.5 Å². The van der Waals surface area contributed by atoms with Crippen molar-refractivity contribution < 1.29 is 14.3 Å². The molecule has 0 aromatic rings. The molecule has 0 radical (unpaired) electrons. The summed E-state index contributed by atoms with van der Waals surface area (Å²) < 4.78 is 10.3. The van der Waals surface area contributed by atoms with Crippen LogP contribution in [0.1, 0.15) is 58.8 Å². The van der Waals surface area contributed by atoms with Gasteiger partial charge in [0.25, 0.3) is 0 Å². The van der Waals surface area contributed by atoms with E-state index in [0.29, 0.717) is 18.8 Å². The van der Waals surface area contributed by atoms with Crippen molar-refractivity contribution >= 4 is 5.97 Å². The maximum absolute atomic E-state index is 11.0. The van der Waals surface area contributed by atoms with E-state index in [1.54, 1.807) is 6.92 Å². The van der Waals surface area contributed by atoms with Crippen molar-refractivity contribution in [2.45, 2.75) is 58.8 Å².